The first-order valence-corrected chi connectivity index (χ1v) is 7.88. The minimum Gasteiger partial charge on any atom is -0.493 e. The molecule has 1 N–H and O–H groups in total. The maximum Gasteiger partial charge on any atom is 0.229 e. The van der Waals surface area contributed by atoms with E-state index >= 15 is 0 Å². The van der Waals surface area contributed by atoms with Gasteiger partial charge in [0.25, 0.3) is 0 Å². The molecule has 23 heavy (non-hydrogen) atoms. The fourth-order valence-corrected chi connectivity index (χ4v) is 2.76. The SMILES string of the molecule is CN(C(=O)CC(O)c1ccc(Cl)cc1)c1ccc2c(c1)CCO2. The second kappa shape index (κ2) is 6.60. The van der Waals surface area contributed by atoms with Crippen molar-refractivity contribution in [2.45, 2.75) is 18.9 Å². The van der Waals surface area contributed by atoms with Crippen molar-refractivity contribution in [1.82, 2.24) is 0 Å². The lowest BCUT2D eigenvalue weighted by Crippen LogP contribution is -2.27. The number of fused-ring (bicyclic) bond motifs is 1. The van der Waals surface area contributed by atoms with Gasteiger partial charge < -0.3 is 14.7 Å². The van der Waals surface area contributed by atoms with Crippen molar-refractivity contribution in [2.24, 2.45) is 0 Å². The number of aliphatic hydroxyl groups excluding tert-OH is 1. The average molecular weight is 332 g/mol. The van der Waals surface area contributed by atoms with Crippen LogP contribution < -0.4 is 9.64 Å². The van der Waals surface area contributed by atoms with Crippen LogP contribution in [0.25, 0.3) is 0 Å². The Morgan fingerprint density at radius 2 is 2.04 bits per heavy atom. The second-order valence-electron chi connectivity index (χ2n) is 5.61. The van der Waals surface area contributed by atoms with E-state index in [4.69, 9.17) is 16.3 Å². The van der Waals surface area contributed by atoms with Gasteiger partial charge in [-0.25, -0.2) is 0 Å². The van der Waals surface area contributed by atoms with Crippen LogP contribution in [-0.2, 0) is 11.2 Å². The molecule has 1 aliphatic rings. The molecule has 0 aliphatic carbocycles. The van der Waals surface area contributed by atoms with Crippen LogP contribution in [0.5, 0.6) is 5.75 Å². The average Bonchev–Trinajstić information content (AvgIpc) is 3.02. The van der Waals surface area contributed by atoms with Crippen LogP contribution in [-0.4, -0.2) is 24.7 Å². The summed E-state index contributed by atoms with van der Waals surface area (Å²) in [5.41, 5.74) is 2.60. The number of amides is 1. The van der Waals surface area contributed by atoms with Crippen molar-refractivity contribution in [3.05, 3.63) is 58.6 Å². The van der Waals surface area contributed by atoms with Gasteiger partial charge in [0.15, 0.2) is 0 Å². The molecule has 0 aromatic heterocycles. The number of halogens is 1. The predicted octanol–water partition coefficient (Wildman–Crippen LogP) is 3.36. The van der Waals surface area contributed by atoms with Gasteiger partial charge in [-0.3, -0.25) is 4.79 Å². The molecular weight excluding hydrogens is 314 g/mol. The van der Waals surface area contributed by atoms with Gasteiger partial charge in [0.1, 0.15) is 5.75 Å². The van der Waals surface area contributed by atoms with Crippen LogP contribution in [0.4, 0.5) is 5.69 Å². The first kappa shape index (κ1) is 15.8. The van der Waals surface area contributed by atoms with Gasteiger partial charge in [-0.15, -0.1) is 0 Å². The normalized spacial score (nSPS) is 14.0. The zero-order chi connectivity index (χ0) is 16.4. The Kier molecular flexibility index (Phi) is 4.55. The number of nitrogens with zero attached hydrogens (tertiary/aromatic N) is 1. The molecule has 2 aromatic carbocycles. The van der Waals surface area contributed by atoms with E-state index in [1.54, 1.807) is 36.2 Å². The monoisotopic (exact) mass is 331 g/mol. The third-order valence-corrected chi connectivity index (χ3v) is 4.31. The Morgan fingerprint density at radius 3 is 2.78 bits per heavy atom. The van der Waals surface area contributed by atoms with Crippen molar-refractivity contribution in [3.63, 3.8) is 0 Å². The lowest BCUT2D eigenvalue weighted by atomic mass is 10.1. The highest BCUT2D eigenvalue weighted by atomic mass is 35.5. The largest absolute Gasteiger partial charge is 0.493 e. The molecule has 4 nitrogen and oxygen atoms in total. The summed E-state index contributed by atoms with van der Waals surface area (Å²) < 4.78 is 5.47. The molecular formula is C18H18ClNO3. The van der Waals surface area contributed by atoms with Gasteiger partial charge >= 0.3 is 0 Å². The van der Waals surface area contributed by atoms with Gasteiger partial charge in [-0.05, 0) is 41.5 Å². The van der Waals surface area contributed by atoms with E-state index in [0.29, 0.717) is 17.2 Å². The zero-order valence-corrected chi connectivity index (χ0v) is 13.6. The summed E-state index contributed by atoms with van der Waals surface area (Å²) in [4.78, 5) is 14.0. The van der Waals surface area contributed by atoms with Crippen LogP contribution in [0.1, 0.15) is 23.7 Å². The van der Waals surface area contributed by atoms with Crippen molar-refractivity contribution in [2.75, 3.05) is 18.6 Å². The summed E-state index contributed by atoms with van der Waals surface area (Å²) in [5.74, 6) is 0.738. The molecule has 0 saturated heterocycles. The molecule has 0 radical (unpaired) electrons. The van der Waals surface area contributed by atoms with E-state index in [1.807, 2.05) is 18.2 Å². The molecule has 0 spiro atoms. The van der Waals surface area contributed by atoms with Crippen LogP contribution in [0, 0.1) is 0 Å². The zero-order valence-electron chi connectivity index (χ0n) is 12.8. The Labute approximate surface area is 140 Å². The number of carbonyl (C=O) groups excluding carboxylic acids is 1. The van der Waals surface area contributed by atoms with Gasteiger partial charge in [-0.1, -0.05) is 23.7 Å². The van der Waals surface area contributed by atoms with Crippen LogP contribution in [0.3, 0.4) is 0 Å². The summed E-state index contributed by atoms with van der Waals surface area (Å²) in [6, 6.07) is 12.6. The molecule has 2 aromatic rings. The number of benzene rings is 2. The van der Waals surface area contributed by atoms with E-state index in [1.165, 1.54) is 0 Å². The van der Waals surface area contributed by atoms with Crippen molar-refractivity contribution < 1.29 is 14.6 Å². The van der Waals surface area contributed by atoms with E-state index in [9.17, 15) is 9.90 Å². The number of carbonyl (C=O) groups is 1. The summed E-state index contributed by atoms with van der Waals surface area (Å²) in [6.45, 7) is 0.686. The summed E-state index contributed by atoms with van der Waals surface area (Å²) in [6.07, 6.45) is 0.0320. The number of ether oxygens (including phenoxy) is 1. The van der Waals surface area contributed by atoms with Crippen LogP contribution in [0.15, 0.2) is 42.5 Å². The summed E-state index contributed by atoms with van der Waals surface area (Å²) in [5, 5.41) is 10.8. The number of anilines is 1. The number of hydrogen-bond donors (Lipinski definition) is 1. The molecule has 1 aliphatic heterocycles. The van der Waals surface area contributed by atoms with E-state index in [0.717, 1.165) is 23.4 Å². The molecule has 1 heterocycles. The standard InChI is InChI=1S/C18H18ClNO3/c1-20(15-6-7-17-13(10-15)8-9-23-17)18(22)11-16(21)12-2-4-14(19)5-3-12/h2-7,10,16,21H,8-9,11H2,1H3. The van der Waals surface area contributed by atoms with Crippen LogP contribution in [0.2, 0.25) is 5.02 Å². The van der Waals surface area contributed by atoms with Gasteiger partial charge in [0.05, 0.1) is 19.1 Å². The lowest BCUT2D eigenvalue weighted by molar-refractivity contribution is -0.120. The number of rotatable bonds is 4. The molecule has 0 fully saturated rings. The minimum atomic E-state index is -0.847. The molecule has 0 bridgehead atoms. The van der Waals surface area contributed by atoms with Gasteiger partial charge in [-0.2, -0.15) is 0 Å². The first-order valence-electron chi connectivity index (χ1n) is 7.50. The highest BCUT2D eigenvalue weighted by molar-refractivity contribution is 6.30. The van der Waals surface area contributed by atoms with Gasteiger partial charge in [0, 0.05) is 24.2 Å². The van der Waals surface area contributed by atoms with E-state index in [2.05, 4.69) is 0 Å². The van der Waals surface area contributed by atoms with Crippen molar-refractivity contribution in [1.29, 1.82) is 0 Å². The number of hydrogen-bond acceptors (Lipinski definition) is 3. The quantitative estimate of drug-likeness (QED) is 0.934. The third-order valence-electron chi connectivity index (χ3n) is 4.06. The summed E-state index contributed by atoms with van der Waals surface area (Å²) in [7, 11) is 1.72. The fourth-order valence-electron chi connectivity index (χ4n) is 2.63. The topological polar surface area (TPSA) is 49.8 Å². The van der Waals surface area contributed by atoms with Gasteiger partial charge in [0.2, 0.25) is 5.91 Å². The molecule has 1 unspecified atom stereocenters. The Hall–Kier alpha value is -2.04. The number of aliphatic hydroxyl groups is 1. The molecule has 1 amide bonds. The lowest BCUT2D eigenvalue weighted by Gasteiger charge is -2.20. The molecule has 1 atom stereocenters. The molecule has 3 rings (SSSR count). The minimum absolute atomic E-state index is 0.0196. The van der Waals surface area contributed by atoms with E-state index < -0.39 is 6.10 Å². The summed E-state index contributed by atoms with van der Waals surface area (Å²) >= 11 is 5.83. The Bertz CT molecular complexity index is 715. The molecule has 5 heteroatoms. The first-order chi connectivity index (χ1) is 11.0. The molecule has 0 saturated carbocycles. The highest BCUT2D eigenvalue weighted by Gasteiger charge is 2.19. The predicted molar refractivity (Wildman–Crippen MR) is 90.1 cm³/mol. The van der Waals surface area contributed by atoms with Crippen molar-refractivity contribution >= 4 is 23.2 Å². The highest BCUT2D eigenvalue weighted by Crippen LogP contribution is 2.30. The van der Waals surface area contributed by atoms with E-state index in [-0.39, 0.29) is 12.3 Å². The molecule has 120 valence electrons. The van der Waals surface area contributed by atoms with Crippen LogP contribution >= 0.6 is 11.6 Å². The third kappa shape index (κ3) is 3.49. The fraction of sp³-hybridized carbons (Fsp3) is 0.278. The maximum absolute atomic E-state index is 12.4. The second-order valence-corrected chi connectivity index (χ2v) is 6.05. The smallest absolute Gasteiger partial charge is 0.229 e. The Balaban J connectivity index is 1.68. The van der Waals surface area contributed by atoms with Crippen molar-refractivity contribution in [3.8, 4) is 5.75 Å². The maximum atomic E-state index is 12.4. The Morgan fingerprint density at radius 1 is 1.30 bits per heavy atom.